The fraction of sp³-hybridized carbons (Fsp3) is 0.917. The monoisotopic (exact) mass is 244 g/mol. The van der Waals surface area contributed by atoms with Crippen LogP contribution in [0, 0.1) is 11.3 Å². The second-order valence-electron chi connectivity index (χ2n) is 5.32. The van der Waals surface area contributed by atoms with Gasteiger partial charge in [-0.2, -0.15) is 0 Å². The van der Waals surface area contributed by atoms with Gasteiger partial charge >= 0.3 is 0 Å². The van der Waals surface area contributed by atoms with Gasteiger partial charge in [-0.1, -0.05) is 13.8 Å². The van der Waals surface area contributed by atoms with Crippen LogP contribution in [0.1, 0.15) is 20.8 Å². The average molecular weight is 244 g/mol. The molecule has 0 bridgehead atoms. The summed E-state index contributed by atoms with van der Waals surface area (Å²) in [6.07, 6.45) is 0. The lowest BCUT2D eigenvalue weighted by Crippen LogP contribution is -2.54. The standard InChI is InChI=1S/C12H24N2O3/c1-8(2)9(5-16-4)14-11(15)12(3)7-17-6-10(12)13/h8-10H,5-7,13H2,1-4H3,(H,14,15). The minimum atomic E-state index is -0.624. The van der Waals surface area contributed by atoms with Crippen molar-refractivity contribution in [2.45, 2.75) is 32.9 Å². The summed E-state index contributed by atoms with van der Waals surface area (Å²) in [7, 11) is 1.63. The van der Waals surface area contributed by atoms with Crippen LogP contribution in [0.2, 0.25) is 0 Å². The molecule has 17 heavy (non-hydrogen) atoms. The number of carbonyl (C=O) groups is 1. The summed E-state index contributed by atoms with van der Waals surface area (Å²) in [6, 6.07) is -0.227. The van der Waals surface area contributed by atoms with Crippen LogP contribution in [0.3, 0.4) is 0 Å². The molecule has 1 amide bonds. The molecule has 0 aromatic heterocycles. The Morgan fingerprint density at radius 2 is 2.29 bits per heavy atom. The molecule has 0 radical (unpaired) electrons. The molecule has 100 valence electrons. The highest BCUT2D eigenvalue weighted by Gasteiger charge is 2.44. The lowest BCUT2D eigenvalue weighted by molar-refractivity contribution is -0.132. The van der Waals surface area contributed by atoms with Crippen molar-refractivity contribution < 1.29 is 14.3 Å². The largest absolute Gasteiger partial charge is 0.383 e. The number of ether oxygens (including phenoxy) is 2. The molecule has 0 aliphatic carbocycles. The van der Waals surface area contributed by atoms with Crippen LogP contribution in [0.25, 0.3) is 0 Å². The number of rotatable bonds is 5. The summed E-state index contributed by atoms with van der Waals surface area (Å²) in [6.45, 7) is 7.30. The molecule has 1 saturated heterocycles. The first-order valence-corrected chi connectivity index (χ1v) is 6.05. The van der Waals surface area contributed by atoms with Gasteiger partial charge in [-0.3, -0.25) is 4.79 Å². The first-order chi connectivity index (χ1) is 7.91. The zero-order valence-electron chi connectivity index (χ0n) is 11.2. The van der Waals surface area contributed by atoms with E-state index in [9.17, 15) is 4.79 Å². The number of nitrogens with one attached hydrogen (secondary N) is 1. The molecule has 3 N–H and O–H groups in total. The van der Waals surface area contributed by atoms with Crippen molar-refractivity contribution in [3.05, 3.63) is 0 Å². The fourth-order valence-corrected chi connectivity index (χ4v) is 1.84. The molecular formula is C12H24N2O3. The van der Waals surface area contributed by atoms with E-state index >= 15 is 0 Å². The third kappa shape index (κ3) is 3.18. The van der Waals surface area contributed by atoms with Crippen molar-refractivity contribution in [2.75, 3.05) is 26.9 Å². The van der Waals surface area contributed by atoms with Gasteiger partial charge in [0, 0.05) is 13.2 Å². The second kappa shape index (κ2) is 5.80. The molecule has 0 aromatic rings. The zero-order valence-corrected chi connectivity index (χ0v) is 11.2. The Hall–Kier alpha value is -0.650. The molecule has 1 heterocycles. The van der Waals surface area contributed by atoms with Gasteiger partial charge in [-0.05, 0) is 12.8 Å². The summed E-state index contributed by atoms with van der Waals surface area (Å²) in [4.78, 5) is 12.2. The van der Waals surface area contributed by atoms with E-state index in [1.165, 1.54) is 0 Å². The van der Waals surface area contributed by atoms with Crippen molar-refractivity contribution in [3.63, 3.8) is 0 Å². The average Bonchev–Trinajstić information content (AvgIpc) is 2.59. The number of carbonyl (C=O) groups excluding carboxylic acids is 1. The Kier molecular flexibility index (Phi) is 4.91. The fourth-order valence-electron chi connectivity index (χ4n) is 1.84. The number of hydrogen-bond acceptors (Lipinski definition) is 4. The van der Waals surface area contributed by atoms with E-state index in [1.54, 1.807) is 7.11 Å². The van der Waals surface area contributed by atoms with Gasteiger partial charge in [0.15, 0.2) is 0 Å². The normalized spacial score (nSPS) is 30.6. The summed E-state index contributed by atoms with van der Waals surface area (Å²) in [5.74, 6) is 0.277. The van der Waals surface area contributed by atoms with Crippen molar-refractivity contribution in [2.24, 2.45) is 17.1 Å². The Morgan fingerprint density at radius 1 is 1.65 bits per heavy atom. The lowest BCUT2D eigenvalue weighted by atomic mass is 9.84. The summed E-state index contributed by atoms with van der Waals surface area (Å²) < 4.78 is 10.4. The second-order valence-corrected chi connectivity index (χ2v) is 5.32. The molecule has 3 unspecified atom stereocenters. The predicted octanol–water partition coefficient (Wildman–Crippen LogP) is 0.137. The van der Waals surface area contributed by atoms with Gasteiger partial charge in [0.25, 0.3) is 0 Å². The molecule has 1 fully saturated rings. The van der Waals surface area contributed by atoms with Crippen LogP contribution >= 0.6 is 0 Å². The van der Waals surface area contributed by atoms with Crippen molar-refractivity contribution in [1.82, 2.24) is 5.32 Å². The van der Waals surface area contributed by atoms with Crippen LogP contribution in [0.15, 0.2) is 0 Å². The zero-order chi connectivity index (χ0) is 13.1. The van der Waals surface area contributed by atoms with E-state index < -0.39 is 5.41 Å². The minimum absolute atomic E-state index is 0.0112. The van der Waals surface area contributed by atoms with Gasteiger partial charge in [0.2, 0.25) is 5.91 Å². The molecule has 1 rings (SSSR count). The molecule has 0 saturated carbocycles. The predicted molar refractivity (Wildman–Crippen MR) is 65.5 cm³/mol. The number of methoxy groups -OCH3 is 1. The Labute approximate surface area is 103 Å². The van der Waals surface area contributed by atoms with E-state index in [1.807, 2.05) is 6.92 Å². The molecular weight excluding hydrogens is 220 g/mol. The maximum atomic E-state index is 12.2. The van der Waals surface area contributed by atoms with E-state index in [2.05, 4.69) is 19.2 Å². The van der Waals surface area contributed by atoms with Gasteiger partial charge in [0.05, 0.1) is 31.3 Å². The van der Waals surface area contributed by atoms with Crippen LogP contribution in [0.4, 0.5) is 0 Å². The lowest BCUT2D eigenvalue weighted by Gasteiger charge is -2.30. The SMILES string of the molecule is COCC(NC(=O)C1(C)COCC1N)C(C)C. The van der Waals surface area contributed by atoms with E-state index in [4.69, 9.17) is 15.2 Å². The van der Waals surface area contributed by atoms with Crippen LogP contribution < -0.4 is 11.1 Å². The quantitative estimate of drug-likeness (QED) is 0.721. The maximum Gasteiger partial charge on any atom is 0.230 e. The first kappa shape index (κ1) is 14.4. The molecule has 5 heteroatoms. The highest BCUT2D eigenvalue weighted by Crippen LogP contribution is 2.27. The Balaban J connectivity index is 2.63. The summed E-state index contributed by atoms with van der Waals surface area (Å²) in [5, 5.41) is 3.01. The third-order valence-corrected chi connectivity index (χ3v) is 3.50. The molecule has 1 aliphatic heterocycles. The highest BCUT2D eigenvalue weighted by molar-refractivity contribution is 5.83. The van der Waals surface area contributed by atoms with Gasteiger partial charge in [-0.15, -0.1) is 0 Å². The van der Waals surface area contributed by atoms with Crippen molar-refractivity contribution >= 4 is 5.91 Å². The van der Waals surface area contributed by atoms with E-state index in [0.717, 1.165) is 0 Å². The van der Waals surface area contributed by atoms with Crippen LogP contribution in [-0.4, -0.2) is 44.9 Å². The van der Waals surface area contributed by atoms with Crippen molar-refractivity contribution in [3.8, 4) is 0 Å². The summed E-state index contributed by atoms with van der Waals surface area (Å²) >= 11 is 0. The molecule has 5 nitrogen and oxygen atoms in total. The van der Waals surface area contributed by atoms with Crippen LogP contribution in [-0.2, 0) is 14.3 Å². The molecule has 0 aromatic carbocycles. The molecule has 0 spiro atoms. The number of hydrogen-bond donors (Lipinski definition) is 2. The van der Waals surface area contributed by atoms with E-state index in [0.29, 0.717) is 25.7 Å². The highest BCUT2D eigenvalue weighted by atomic mass is 16.5. The number of nitrogens with two attached hydrogens (primary N) is 1. The Morgan fingerprint density at radius 3 is 2.71 bits per heavy atom. The smallest absolute Gasteiger partial charge is 0.230 e. The van der Waals surface area contributed by atoms with Gasteiger partial charge in [0.1, 0.15) is 0 Å². The maximum absolute atomic E-state index is 12.2. The third-order valence-electron chi connectivity index (χ3n) is 3.50. The van der Waals surface area contributed by atoms with E-state index in [-0.39, 0.29) is 18.0 Å². The number of amides is 1. The Bertz CT molecular complexity index is 270. The van der Waals surface area contributed by atoms with Gasteiger partial charge in [-0.25, -0.2) is 0 Å². The van der Waals surface area contributed by atoms with Crippen molar-refractivity contribution in [1.29, 1.82) is 0 Å². The molecule has 1 aliphatic rings. The molecule has 3 atom stereocenters. The van der Waals surface area contributed by atoms with Gasteiger partial charge < -0.3 is 20.5 Å². The first-order valence-electron chi connectivity index (χ1n) is 6.05. The van der Waals surface area contributed by atoms with Crippen LogP contribution in [0.5, 0.6) is 0 Å². The minimum Gasteiger partial charge on any atom is -0.383 e. The summed E-state index contributed by atoms with van der Waals surface area (Å²) in [5.41, 5.74) is 5.30. The topological polar surface area (TPSA) is 73.6 Å².